The lowest BCUT2D eigenvalue weighted by molar-refractivity contribution is 0.0691. The average molecular weight is 215 g/mol. The lowest BCUT2D eigenvalue weighted by atomic mass is 10.0. The van der Waals surface area contributed by atoms with E-state index in [1.807, 2.05) is 26.0 Å². The molecule has 16 heavy (non-hydrogen) atoms. The first-order chi connectivity index (χ1) is 7.58. The summed E-state index contributed by atoms with van der Waals surface area (Å²) in [6.07, 6.45) is 0. The van der Waals surface area contributed by atoms with Gasteiger partial charge in [0.1, 0.15) is 5.69 Å². The summed E-state index contributed by atoms with van der Waals surface area (Å²) < 4.78 is 0. The van der Waals surface area contributed by atoms with Gasteiger partial charge in [0, 0.05) is 11.3 Å². The van der Waals surface area contributed by atoms with E-state index in [1.165, 1.54) is 5.56 Å². The highest BCUT2D eigenvalue weighted by molar-refractivity contribution is 5.87. The Morgan fingerprint density at radius 3 is 2.50 bits per heavy atom. The normalized spacial score (nSPS) is 10.4. The smallest absolute Gasteiger partial charge is 0.352 e. The molecule has 0 atom stereocenters. The number of H-pyrrole nitrogens is 1. The van der Waals surface area contributed by atoms with Gasteiger partial charge in [0.2, 0.25) is 0 Å². The number of nitrogens with one attached hydrogen (secondary N) is 1. The summed E-state index contributed by atoms with van der Waals surface area (Å²) in [5.74, 6) is -0.934. The van der Waals surface area contributed by atoms with Crippen LogP contribution in [0.4, 0.5) is 0 Å². The Labute approximate surface area is 93.7 Å². The average Bonchev–Trinajstić information content (AvgIpc) is 2.66. The van der Waals surface area contributed by atoms with Gasteiger partial charge in [0.05, 0.1) is 0 Å². The minimum absolute atomic E-state index is 0.218. The van der Waals surface area contributed by atoms with Crippen LogP contribution >= 0.6 is 0 Å². The molecule has 2 rings (SSSR count). The number of rotatable bonds is 2. The Kier molecular flexibility index (Phi) is 2.52. The van der Waals surface area contributed by atoms with Crippen LogP contribution in [0.15, 0.2) is 30.3 Å². The van der Waals surface area contributed by atoms with Gasteiger partial charge in [-0.1, -0.05) is 23.8 Å². The Morgan fingerprint density at radius 2 is 1.94 bits per heavy atom. The molecule has 1 aromatic heterocycles. The van der Waals surface area contributed by atoms with Gasteiger partial charge in [-0.05, 0) is 31.5 Å². The predicted molar refractivity (Wildman–Crippen MR) is 62.7 cm³/mol. The maximum atomic E-state index is 10.8. The van der Waals surface area contributed by atoms with Gasteiger partial charge in [-0.3, -0.25) is 0 Å². The molecule has 0 amide bonds. The molecule has 2 N–H and O–H groups in total. The zero-order valence-electron chi connectivity index (χ0n) is 9.24. The third-order valence-corrected chi connectivity index (χ3v) is 2.59. The SMILES string of the molecule is Cc1ccc(-c2ccc(C(=O)O)[nH]2)c(C)c1. The van der Waals surface area contributed by atoms with Crippen molar-refractivity contribution in [2.45, 2.75) is 13.8 Å². The largest absolute Gasteiger partial charge is 0.477 e. The summed E-state index contributed by atoms with van der Waals surface area (Å²) in [4.78, 5) is 13.6. The maximum absolute atomic E-state index is 10.8. The van der Waals surface area contributed by atoms with Crippen molar-refractivity contribution in [2.75, 3.05) is 0 Å². The van der Waals surface area contributed by atoms with Gasteiger partial charge in [-0.15, -0.1) is 0 Å². The van der Waals surface area contributed by atoms with Crippen LogP contribution < -0.4 is 0 Å². The number of carboxylic acid groups (broad SMARTS) is 1. The summed E-state index contributed by atoms with van der Waals surface area (Å²) >= 11 is 0. The topological polar surface area (TPSA) is 53.1 Å². The monoisotopic (exact) mass is 215 g/mol. The van der Waals surface area contributed by atoms with Crippen molar-refractivity contribution in [2.24, 2.45) is 0 Å². The van der Waals surface area contributed by atoms with E-state index in [9.17, 15) is 4.79 Å². The van der Waals surface area contributed by atoms with Crippen molar-refractivity contribution in [1.82, 2.24) is 4.98 Å². The Bertz CT molecular complexity index is 541. The molecule has 0 aliphatic carbocycles. The first-order valence-electron chi connectivity index (χ1n) is 5.08. The van der Waals surface area contributed by atoms with Gasteiger partial charge in [-0.2, -0.15) is 0 Å². The fourth-order valence-electron chi connectivity index (χ4n) is 1.79. The van der Waals surface area contributed by atoms with Crippen LogP contribution in [0, 0.1) is 13.8 Å². The number of aromatic amines is 1. The molecule has 0 aliphatic rings. The van der Waals surface area contributed by atoms with E-state index in [0.717, 1.165) is 16.8 Å². The Hall–Kier alpha value is -2.03. The van der Waals surface area contributed by atoms with E-state index in [1.54, 1.807) is 12.1 Å². The fraction of sp³-hybridized carbons (Fsp3) is 0.154. The summed E-state index contributed by atoms with van der Waals surface area (Å²) in [7, 11) is 0. The van der Waals surface area contributed by atoms with E-state index in [-0.39, 0.29) is 5.69 Å². The van der Waals surface area contributed by atoms with Gasteiger partial charge in [-0.25, -0.2) is 4.79 Å². The first-order valence-corrected chi connectivity index (χ1v) is 5.08. The van der Waals surface area contributed by atoms with Crippen molar-refractivity contribution in [3.05, 3.63) is 47.2 Å². The molecule has 0 saturated heterocycles. The van der Waals surface area contributed by atoms with Crippen LogP contribution in [0.2, 0.25) is 0 Å². The standard InChI is InChI=1S/C13H13NO2/c1-8-3-4-10(9(2)7-8)11-5-6-12(14-11)13(15)16/h3-7,14H,1-2H3,(H,15,16). The van der Waals surface area contributed by atoms with Crippen molar-refractivity contribution in [3.8, 4) is 11.3 Å². The molecule has 0 bridgehead atoms. The maximum Gasteiger partial charge on any atom is 0.352 e. The lowest BCUT2D eigenvalue weighted by Gasteiger charge is -2.04. The molecule has 0 spiro atoms. The second-order valence-electron chi connectivity index (χ2n) is 3.91. The molecule has 0 fully saturated rings. The molecular weight excluding hydrogens is 202 g/mol. The number of aromatic nitrogens is 1. The Morgan fingerprint density at radius 1 is 1.19 bits per heavy atom. The number of aryl methyl sites for hydroxylation is 2. The third kappa shape index (κ3) is 1.84. The number of hydrogen-bond acceptors (Lipinski definition) is 1. The quantitative estimate of drug-likeness (QED) is 0.809. The summed E-state index contributed by atoms with van der Waals surface area (Å²) in [6.45, 7) is 4.05. The highest BCUT2D eigenvalue weighted by atomic mass is 16.4. The van der Waals surface area contributed by atoms with Gasteiger partial charge in [0.15, 0.2) is 0 Å². The predicted octanol–water partition coefficient (Wildman–Crippen LogP) is 3.00. The van der Waals surface area contributed by atoms with E-state index in [0.29, 0.717) is 0 Å². The molecule has 1 aromatic carbocycles. The van der Waals surface area contributed by atoms with E-state index < -0.39 is 5.97 Å². The summed E-state index contributed by atoms with van der Waals surface area (Å²) in [5.41, 5.74) is 4.44. The molecule has 0 saturated carbocycles. The molecule has 0 unspecified atom stereocenters. The highest BCUT2D eigenvalue weighted by Gasteiger charge is 2.08. The Balaban J connectivity index is 2.46. The molecule has 2 aromatic rings. The first kappa shape index (κ1) is 10.5. The lowest BCUT2D eigenvalue weighted by Crippen LogP contribution is -1.95. The number of aromatic carboxylic acids is 1. The summed E-state index contributed by atoms with van der Waals surface area (Å²) in [6, 6.07) is 9.47. The molecule has 0 radical (unpaired) electrons. The van der Waals surface area contributed by atoms with Crippen LogP contribution in [0.5, 0.6) is 0 Å². The van der Waals surface area contributed by atoms with E-state index in [4.69, 9.17) is 5.11 Å². The molecule has 1 heterocycles. The number of hydrogen-bond donors (Lipinski definition) is 2. The number of carboxylic acids is 1. The molecule has 82 valence electrons. The zero-order valence-corrected chi connectivity index (χ0v) is 9.24. The van der Waals surface area contributed by atoms with Gasteiger partial charge < -0.3 is 10.1 Å². The second kappa shape index (κ2) is 3.85. The number of benzene rings is 1. The van der Waals surface area contributed by atoms with Crippen molar-refractivity contribution >= 4 is 5.97 Å². The highest BCUT2D eigenvalue weighted by Crippen LogP contribution is 2.23. The van der Waals surface area contributed by atoms with Crippen LogP contribution in [0.3, 0.4) is 0 Å². The van der Waals surface area contributed by atoms with E-state index in [2.05, 4.69) is 11.1 Å². The number of carbonyl (C=O) groups is 1. The van der Waals surface area contributed by atoms with Gasteiger partial charge in [0.25, 0.3) is 0 Å². The summed E-state index contributed by atoms with van der Waals surface area (Å²) in [5, 5.41) is 8.83. The molecule has 3 heteroatoms. The minimum atomic E-state index is -0.934. The van der Waals surface area contributed by atoms with Crippen LogP contribution in [0.25, 0.3) is 11.3 Å². The minimum Gasteiger partial charge on any atom is -0.477 e. The van der Waals surface area contributed by atoms with Crippen LogP contribution in [-0.2, 0) is 0 Å². The van der Waals surface area contributed by atoms with Crippen molar-refractivity contribution < 1.29 is 9.90 Å². The fourth-order valence-corrected chi connectivity index (χ4v) is 1.79. The van der Waals surface area contributed by atoms with Crippen molar-refractivity contribution in [1.29, 1.82) is 0 Å². The van der Waals surface area contributed by atoms with Crippen LogP contribution in [0.1, 0.15) is 21.6 Å². The molecular formula is C13H13NO2. The van der Waals surface area contributed by atoms with Gasteiger partial charge >= 0.3 is 5.97 Å². The second-order valence-corrected chi connectivity index (χ2v) is 3.91. The zero-order chi connectivity index (χ0) is 11.7. The molecule has 3 nitrogen and oxygen atoms in total. The third-order valence-electron chi connectivity index (χ3n) is 2.59. The molecule has 0 aliphatic heterocycles. The van der Waals surface area contributed by atoms with Crippen molar-refractivity contribution in [3.63, 3.8) is 0 Å². The van der Waals surface area contributed by atoms with E-state index >= 15 is 0 Å². The van der Waals surface area contributed by atoms with Crippen LogP contribution in [-0.4, -0.2) is 16.1 Å².